The van der Waals surface area contributed by atoms with Crippen LogP contribution in [0.25, 0.3) is 11.0 Å². The Labute approximate surface area is 165 Å². The quantitative estimate of drug-likeness (QED) is 0.608. The molecule has 1 aliphatic heterocycles. The number of carbonyl (C=O) groups is 1. The van der Waals surface area contributed by atoms with Crippen LogP contribution in [0, 0.1) is 11.8 Å². The lowest BCUT2D eigenvalue weighted by Crippen LogP contribution is -2.56. The number of H-pyrrole nitrogens is 1. The number of aromatic nitrogens is 3. The minimum absolute atomic E-state index is 0.0418. The molecule has 1 N–H and O–H groups in total. The van der Waals surface area contributed by atoms with Gasteiger partial charge in [0.05, 0.1) is 35.9 Å². The summed E-state index contributed by atoms with van der Waals surface area (Å²) >= 11 is 0. The van der Waals surface area contributed by atoms with Crippen LogP contribution in [-0.4, -0.2) is 33.9 Å². The van der Waals surface area contributed by atoms with Crippen molar-refractivity contribution in [2.75, 3.05) is 11.5 Å². The largest absolute Gasteiger partial charge is 0.477 e. The summed E-state index contributed by atoms with van der Waals surface area (Å²) in [5.41, 5.74) is 3.48. The van der Waals surface area contributed by atoms with Gasteiger partial charge in [-0.25, -0.2) is 18.7 Å². The fourth-order valence-corrected chi connectivity index (χ4v) is 4.05. The Hall–Kier alpha value is -3.03. The van der Waals surface area contributed by atoms with E-state index < -0.39 is 6.43 Å². The fraction of sp³-hybridized carbons (Fsp3) is 0.381. The molecule has 2 aliphatic rings. The van der Waals surface area contributed by atoms with E-state index in [2.05, 4.69) is 15.0 Å². The van der Waals surface area contributed by atoms with Crippen LogP contribution in [0.15, 0.2) is 42.9 Å². The number of hydrogen-bond acceptors (Lipinski definition) is 4. The zero-order valence-corrected chi connectivity index (χ0v) is 15.6. The molecule has 3 aromatic rings. The number of nitrogens with one attached hydrogen (secondary N) is 1. The van der Waals surface area contributed by atoms with Gasteiger partial charge in [0.1, 0.15) is 0 Å². The first-order chi connectivity index (χ1) is 14.1. The fourth-order valence-electron chi connectivity index (χ4n) is 4.05. The molecule has 1 aromatic carbocycles. The monoisotopic (exact) mass is 398 g/mol. The molecule has 2 fully saturated rings. The van der Waals surface area contributed by atoms with E-state index in [4.69, 9.17) is 4.74 Å². The van der Waals surface area contributed by atoms with Crippen LogP contribution in [0.3, 0.4) is 0 Å². The lowest BCUT2D eigenvalue weighted by molar-refractivity contribution is -0.131. The van der Waals surface area contributed by atoms with Crippen LogP contribution in [0.4, 0.5) is 14.5 Å². The number of benzene rings is 1. The third kappa shape index (κ3) is 3.32. The molecule has 1 aliphatic carbocycles. The van der Waals surface area contributed by atoms with Gasteiger partial charge in [-0.15, -0.1) is 0 Å². The molecular formula is C21H20F2N4O2. The number of imidazole rings is 1. The van der Waals surface area contributed by atoms with E-state index in [9.17, 15) is 13.6 Å². The van der Waals surface area contributed by atoms with E-state index in [1.807, 2.05) is 29.2 Å². The predicted molar refractivity (Wildman–Crippen MR) is 103 cm³/mol. The van der Waals surface area contributed by atoms with Crippen molar-refractivity contribution in [3.63, 3.8) is 0 Å². The second-order valence-corrected chi connectivity index (χ2v) is 7.58. The smallest absolute Gasteiger partial charge is 0.241 e. The number of hydrogen-bond donors (Lipinski definition) is 1. The van der Waals surface area contributed by atoms with Crippen molar-refractivity contribution < 1.29 is 18.3 Å². The summed E-state index contributed by atoms with van der Waals surface area (Å²) in [7, 11) is 0. The number of aromatic amines is 1. The van der Waals surface area contributed by atoms with Gasteiger partial charge < -0.3 is 14.6 Å². The zero-order chi connectivity index (χ0) is 20.0. The van der Waals surface area contributed by atoms with Crippen molar-refractivity contribution in [2.45, 2.75) is 31.7 Å². The molecule has 5 rings (SSSR count). The molecule has 1 amide bonds. The molecule has 3 heterocycles. The van der Waals surface area contributed by atoms with Gasteiger partial charge in [-0.2, -0.15) is 0 Å². The van der Waals surface area contributed by atoms with Gasteiger partial charge in [0.2, 0.25) is 18.2 Å². The number of alkyl halides is 2. The van der Waals surface area contributed by atoms with Gasteiger partial charge in [-0.3, -0.25) is 4.79 Å². The van der Waals surface area contributed by atoms with Crippen molar-refractivity contribution in [1.82, 2.24) is 15.0 Å². The Morgan fingerprint density at radius 3 is 2.79 bits per heavy atom. The van der Waals surface area contributed by atoms with Gasteiger partial charge in [0.25, 0.3) is 0 Å². The highest BCUT2D eigenvalue weighted by Gasteiger charge is 2.55. The second kappa shape index (κ2) is 7.09. The second-order valence-electron chi connectivity index (χ2n) is 7.58. The van der Waals surface area contributed by atoms with E-state index >= 15 is 0 Å². The number of halogens is 2. The Morgan fingerprint density at radius 1 is 1.21 bits per heavy atom. The number of β-lactam (4-membered cyclic amide) rings is 1. The summed E-state index contributed by atoms with van der Waals surface area (Å²) in [6, 6.07) is 9.22. The lowest BCUT2D eigenvalue weighted by Gasteiger charge is -2.47. The van der Waals surface area contributed by atoms with Crippen LogP contribution < -0.4 is 9.64 Å². The molecular weight excluding hydrogens is 378 g/mol. The maximum atomic E-state index is 13.0. The highest BCUT2D eigenvalue weighted by atomic mass is 19.3. The average Bonchev–Trinajstić information content (AvgIpc) is 3.41. The molecule has 150 valence electrons. The number of rotatable bonds is 7. The zero-order valence-electron chi connectivity index (χ0n) is 15.6. The van der Waals surface area contributed by atoms with Gasteiger partial charge >= 0.3 is 0 Å². The predicted octanol–water partition coefficient (Wildman–Crippen LogP) is 4.11. The summed E-state index contributed by atoms with van der Waals surface area (Å²) in [5.74, 6) is 0.823. The SMILES string of the molecule is O=C1C(C2CC2)[C@H](c2ccc(OCCC(F)F)nc2)N1c1ccc2nc[nH]c2c1. The highest BCUT2D eigenvalue weighted by molar-refractivity contribution is 6.04. The molecule has 1 saturated carbocycles. The van der Waals surface area contributed by atoms with Crippen LogP contribution in [0.5, 0.6) is 5.88 Å². The van der Waals surface area contributed by atoms with E-state index in [1.54, 1.807) is 18.6 Å². The molecule has 6 nitrogen and oxygen atoms in total. The summed E-state index contributed by atoms with van der Waals surface area (Å²) in [6.07, 6.45) is 2.74. The highest BCUT2D eigenvalue weighted by Crippen LogP contribution is 2.53. The van der Waals surface area contributed by atoms with E-state index in [1.165, 1.54) is 0 Å². The Balaban J connectivity index is 1.40. The molecule has 2 atom stereocenters. The van der Waals surface area contributed by atoms with Gasteiger partial charge in [0.15, 0.2) is 0 Å². The Bertz CT molecular complexity index is 1030. The molecule has 1 unspecified atom stereocenters. The maximum Gasteiger partial charge on any atom is 0.241 e. The number of fused-ring (bicyclic) bond motifs is 1. The third-order valence-electron chi connectivity index (χ3n) is 5.64. The summed E-state index contributed by atoms with van der Waals surface area (Å²) in [6.45, 7) is -0.0764. The first-order valence-electron chi connectivity index (χ1n) is 9.75. The minimum Gasteiger partial charge on any atom is -0.477 e. The third-order valence-corrected chi connectivity index (χ3v) is 5.64. The van der Waals surface area contributed by atoms with Crippen LogP contribution in [0.1, 0.15) is 30.9 Å². The molecule has 1 saturated heterocycles. The topological polar surface area (TPSA) is 71.1 Å². The number of nitrogens with zero attached hydrogens (tertiary/aromatic N) is 3. The minimum atomic E-state index is -2.39. The van der Waals surface area contributed by atoms with Crippen LogP contribution >= 0.6 is 0 Å². The van der Waals surface area contributed by atoms with E-state index in [-0.39, 0.29) is 30.9 Å². The molecule has 0 bridgehead atoms. The average molecular weight is 398 g/mol. The van der Waals surface area contributed by atoms with Crippen molar-refractivity contribution in [1.29, 1.82) is 0 Å². The molecule has 29 heavy (non-hydrogen) atoms. The molecule has 0 radical (unpaired) electrons. The Morgan fingerprint density at radius 2 is 2.07 bits per heavy atom. The van der Waals surface area contributed by atoms with Gasteiger partial charge in [-0.1, -0.05) is 6.07 Å². The molecule has 0 spiro atoms. The van der Waals surface area contributed by atoms with Crippen LogP contribution in [0.2, 0.25) is 0 Å². The summed E-state index contributed by atoms with van der Waals surface area (Å²) < 4.78 is 29.8. The van der Waals surface area contributed by atoms with E-state index in [0.717, 1.165) is 35.1 Å². The number of amides is 1. The molecule has 8 heteroatoms. The first kappa shape index (κ1) is 18.0. The normalized spacial score (nSPS) is 21.6. The summed E-state index contributed by atoms with van der Waals surface area (Å²) in [5, 5.41) is 0. The molecule has 2 aromatic heterocycles. The number of anilines is 1. The van der Waals surface area contributed by atoms with Crippen molar-refractivity contribution in [3.05, 3.63) is 48.4 Å². The number of ether oxygens (including phenoxy) is 1. The number of pyridine rings is 1. The van der Waals surface area contributed by atoms with Crippen molar-refractivity contribution >= 4 is 22.6 Å². The first-order valence-corrected chi connectivity index (χ1v) is 9.75. The standard InChI is InChI=1S/C21H20F2N4O2/c22-17(23)7-8-29-18-6-3-13(10-24-18)20-19(12-1-2-12)21(28)27(20)14-4-5-15-16(9-14)26-11-25-15/h3-6,9-12,17,19-20H,1-2,7-8H2,(H,25,26)/t19?,20-/m0/s1. The van der Waals surface area contributed by atoms with Gasteiger partial charge in [-0.05, 0) is 42.5 Å². The Kier molecular flexibility index (Phi) is 4.41. The lowest BCUT2D eigenvalue weighted by atomic mass is 9.79. The van der Waals surface area contributed by atoms with Gasteiger partial charge in [0, 0.05) is 24.4 Å². The summed E-state index contributed by atoms with van der Waals surface area (Å²) in [4.78, 5) is 26.4. The van der Waals surface area contributed by atoms with Crippen molar-refractivity contribution in [2.24, 2.45) is 11.8 Å². The maximum absolute atomic E-state index is 13.0. The number of carbonyl (C=O) groups excluding carboxylic acids is 1. The van der Waals surface area contributed by atoms with Crippen LogP contribution in [-0.2, 0) is 4.79 Å². The van der Waals surface area contributed by atoms with Crippen molar-refractivity contribution in [3.8, 4) is 5.88 Å². The van der Waals surface area contributed by atoms with E-state index in [0.29, 0.717) is 11.8 Å².